The monoisotopic (exact) mass is 355 g/mol. The zero-order chi connectivity index (χ0) is 17.9. The van der Waals surface area contributed by atoms with Crippen LogP contribution in [0.4, 0.5) is 0 Å². The van der Waals surface area contributed by atoms with Crippen LogP contribution in [-0.4, -0.2) is 14.4 Å². The number of nitrogens with zero attached hydrogens (tertiary/aromatic N) is 2. The zero-order valence-electron chi connectivity index (χ0n) is 15.6. The van der Waals surface area contributed by atoms with E-state index >= 15 is 0 Å². The molecule has 0 aliphatic heterocycles. The Morgan fingerprint density at radius 3 is 2.00 bits per heavy atom. The summed E-state index contributed by atoms with van der Waals surface area (Å²) in [7, 11) is 0. The van der Waals surface area contributed by atoms with Crippen LogP contribution in [0.2, 0.25) is 0 Å². The Kier molecular flexibility index (Phi) is 5.23. The van der Waals surface area contributed by atoms with Crippen LogP contribution < -0.4 is 11.2 Å². The zero-order valence-corrected chi connectivity index (χ0v) is 15.6. The van der Waals surface area contributed by atoms with E-state index in [0.29, 0.717) is 5.65 Å². The van der Waals surface area contributed by atoms with Crippen LogP contribution in [0, 0.1) is 0 Å². The molecule has 0 bridgehead atoms. The molecule has 2 heterocycles. The predicted molar refractivity (Wildman–Crippen MR) is 103 cm³/mol. The molecule has 26 heavy (non-hydrogen) atoms. The van der Waals surface area contributed by atoms with Crippen molar-refractivity contribution in [2.45, 2.75) is 89.9 Å². The standard InChI is InChI=1S/C21H29N3O2/c25-20-16-12-8-4-2-6-10-14-18(16)22-19-15-11-7-3-1-5-9-13-17(15)23-21(26)24(19)20/h1-14H2,(H,23,26). The van der Waals surface area contributed by atoms with E-state index in [0.717, 1.165) is 80.3 Å². The number of aromatic amines is 1. The van der Waals surface area contributed by atoms with E-state index in [4.69, 9.17) is 4.98 Å². The first kappa shape index (κ1) is 17.5. The molecule has 0 unspecified atom stereocenters. The van der Waals surface area contributed by atoms with Gasteiger partial charge in [-0.3, -0.25) is 4.79 Å². The van der Waals surface area contributed by atoms with Gasteiger partial charge in [-0.15, -0.1) is 0 Å². The number of aryl methyl sites for hydroxylation is 3. The minimum Gasteiger partial charge on any atom is -0.310 e. The normalized spacial score (nSPS) is 19.2. The van der Waals surface area contributed by atoms with Crippen molar-refractivity contribution in [3.05, 3.63) is 43.4 Å². The number of hydrogen-bond acceptors (Lipinski definition) is 3. The van der Waals surface area contributed by atoms with Gasteiger partial charge in [0.05, 0.1) is 5.69 Å². The highest BCUT2D eigenvalue weighted by molar-refractivity contribution is 5.51. The van der Waals surface area contributed by atoms with E-state index in [1.165, 1.54) is 36.5 Å². The van der Waals surface area contributed by atoms with E-state index in [1.54, 1.807) is 0 Å². The predicted octanol–water partition coefficient (Wildman–Crippen LogP) is 3.48. The van der Waals surface area contributed by atoms with E-state index < -0.39 is 0 Å². The average Bonchev–Trinajstić information content (AvgIpc) is 2.82. The maximum Gasteiger partial charge on any atom is 0.334 e. The fourth-order valence-corrected chi connectivity index (χ4v) is 4.58. The molecule has 2 aliphatic carbocycles. The van der Waals surface area contributed by atoms with Gasteiger partial charge in [0.2, 0.25) is 0 Å². The third-order valence-electron chi connectivity index (χ3n) is 6.05. The highest BCUT2D eigenvalue weighted by atomic mass is 16.2. The fraction of sp³-hybridized carbons (Fsp3) is 0.667. The van der Waals surface area contributed by atoms with Gasteiger partial charge in [0.15, 0.2) is 0 Å². The summed E-state index contributed by atoms with van der Waals surface area (Å²) < 4.78 is 1.33. The van der Waals surface area contributed by atoms with Crippen molar-refractivity contribution < 1.29 is 0 Å². The first-order chi connectivity index (χ1) is 12.8. The van der Waals surface area contributed by atoms with Gasteiger partial charge >= 0.3 is 5.69 Å². The summed E-state index contributed by atoms with van der Waals surface area (Å²) >= 11 is 0. The number of fused-ring (bicyclic) bond motifs is 4. The van der Waals surface area contributed by atoms with Crippen molar-refractivity contribution in [1.82, 2.24) is 14.4 Å². The van der Waals surface area contributed by atoms with Crippen LogP contribution in [-0.2, 0) is 25.7 Å². The molecule has 140 valence electrons. The molecule has 2 aromatic rings. The molecular weight excluding hydrogens is 326 g/mol. The van der Waals surface area contributed by atoms with Crippen LogP contribution in [0.15, 0.2) is 9.59 Å². The molecule has 4 rings (SSSR count). The number of nitrogens with one attached hydrogen (secondary N) is 1. The van der Waals surface area contributed by atoms with Crippen molar-refractivity contribution in [2.75, 3.05) is 0 Å². The van der Waals surface area contributed by atoms with Gasteiger partial charge in [0.1, 0.15) is 5.65 Å². The maximum atomic E-state index is 13.2. The highest BCUT2D eigenvalue weighted by Crippen LogP contribution is 2.22. The van der Waals surface area contributed by atoms with Crippen LogP contribution >= 0.6 is 0 Å². The van der Waals surface area contributed by atoms with Gasteiger partial charge in [0.25, 0.3) is 5.56 Å². The highest BCUT2D eigenvalue weighted by Gasteiger charge is 2.20. The van der Waals surface area contributed by atoms with Gasteiger partial charge < -0.3 is 4.98 Å². The summed E-state index contributed by atoms with van der Waals surface area (Å²) in [6, 6.07) is 0. The van der Waals surface area contributed by atoms with Gasteiger partial charge in [-0.2, -0.15) is 0 Å². The van der Waals surface area contributed by atoms with Crippen molar-refractivity contribution in [3.63, 3.8) is 0 Å². The summed E-state index contributed by atoms with van der Waals surface area (Å²) in [4.78, 5) is 33.9. The number of H-pyrrole nitrogens is 1. The molecule has 2 aromatic heterocycles. The first-order valence-electron chi connectivity index (χ1n) is 10.4. The molecule has 0 saturated carbocycles. The molecule has 0 spiro atoms. The summed E-state index contributed by atoms with van der Waals surface area (Å²) in [5, 5.41) is 0. The van der Waals surface area contributed by atoms with Crippen LogP contribution in [0.25, 0.3) is 5.65 Å². The lowest BCUT2D eigenvalue weighted by atomic mass is 10.0. The Balaban J connectivity index is 1.94. The Hall–Kier alpha value is -1.91. The third kappa shape index (κ3) is 3.36. The van der Waals surface area contributed by atoms with E-state index in [1.807, 2.05) is 0 Å². The molecule has 0 atom stereocenters. The molecule has 0 radical (unpaired) electrons. The lowest BCUT2D eigenvalue weighted by Crippen LogP contribution is -2.35. The SMILES string of the molecule is O=c1[nH]c2c(c3nc4c(c(=O)n13)CCCCCCC4)CCCCCCC2. The maximum absolute atomic E-state index is 13.2. The Labute approximate surface area is 153 Å². The second-order valence-electron chi connectivity index (χ2n) is 7.92. The summed E-state index contributed by atoms with van der Waals surface area (Å²) in [5.41, 5.74) is 4.03. The minimum absolute atomic E-state index is 0.129. The van der Waals surface area contributed by atoms with E-state index in [9.17, 15) is 9.59 Å². The molecule has 0 fully saturated rings. The van der Waals surface area contributed by atoms with E-state index in [-0.39, 0.29) is 11.2 Å². The van der Waals surface area contributed by atoms with Crippen molar-refractivity contribution in [3.8, 4) is 0 Å². The van der Waals surface area contributed by atoms with Crippen LogP contribution in [0.1, 0.15) is 86.7 Å². The third-order valence-corrected chi connectivity index (χ3v) is 6.05. The lowest BCUT2D eigenvalue weighted by Gasteiger charge is -2.15. The summed E-state index contributed by atoms with van der Waals surface area (Å²) in [6.45, 7) is 0. The number of rotatable bonds is 0. The molecule has 0 saturated heterocycles. The number of aromatic nitrogens is 3. The second-order valence-corrected chi connectivity index (χ2v) is 7.92. The second kappa shape index (κ2) is 7.77. The summed E-state index contributed by atoms with van der Waals surface area (Å²) in [6.07, 6.45) is 14.9. The lowest BCUT2D eigenvalue weighted by molar-refractivity contribution is 0.627. The first-order valence-corrected chi connectivity index (χ1v) is 10.4. The quantitative estimate of drug-likeness (QED) is 0.787. The Morgan fingerprint density at radius 1 is 0.692 bits per heavy atom. The molecule has 0 amide bonds. The smallest absolute Gasteiger partial charge is 0.310 e. The fourth-order valence-electron chi connectivity index (χ4n) is 4.58. The number of hydrogen-bond donors (Lipinski definition) is 1. The molecule has 5 heteroatoms. The average molecular weight is 355 g/mol. The topological polar surface area (TPSA) is 67.2 Å². The summed E-state index contributed by atoms with van der Waals surface area (Å²) in [5.74, 6) is 0. The van der Waals surface area contributed by atoms with E-state index in [2.05, 4.69) is 4.98 Å². The molecule has 0 aromatic carbocycles. The van der Waals surface area contributed by atoms with Crippen molar-refractivity contribution in [1.29, 1.82) is 0 Å². The molecular formula is C21H29N3O2. The van der Waals surface area contributed by atoms with Crippen LogP contribution in [0.3, 0.4) is 0 Å². The molecule has 1 N–H and O–H groups in total. The van der Waals surface area contributed by atoms with Crippen molar-refractivity contribution >= 4 is 5.65 Å². The molecule has 2 aliphatic rings. The van der Waals surface area contributed by atoms with Crippen molar-refractivity contribution in [2.24, 2.45) is 0 Å². The molecule has 5 nitrogen and oxygen atoms in total. The minimum atomic E-state index is -0.307. The van der Waals surface area contributed by atoms with Gasteiger partial charge in [-0.1, -0.05) is 38.5 Å². The van der Waals surface area contributed by atoms with Crippen LogP contribution in [0.5, 0.6) is 0 Å². The Morgan fingerprint density at radius 2 is 1.27 bits per heavy atom. The van der Waals surface area contributed by atoms with Gasteiger partial charge in [-0.25, -0.2) is 14.2 Å². The Bertz CT molecular complexity index is 910. The largest absolute Gasteiger partial charge is 0.334 e. The van der Waals surface area contributed by atoms with Gasteiger partial charge in [0, 0.05) is 16.8 Å². The van der Waals surface area contributed by atoms with Gasteiger partial charge in [-0.05, 0) is 51.4 Å².